The molecule has 1 unspecified atom stereocenters. The Labute approximate surface area is 218 Å². The summed E-state index contributed by atoms with van der Waals surface area (Å²) in [6.07, 6.45) is -1.75. The van der Waals surface area contributed by atoms with Crippen LogP contribution in [0, 0.1) is 0 Å². The highest BCUT2D eigenvalue weighted by atomic mass is 19.4. The summed E-state index contributed by atoms with van der Waals surface area (Å²) in [4.78, 5) is 16.2. The third-order valence-corrected chi connectivity index (χ3v) is 6.12. The number of halogens is 3. The summed E-state index contributed by atoms with van der Waals surface area (Å²) in [5.41, 5.74) is -0.297. The summed E-state index contributed by atoms with van der Waals surface area (Å²) in [7, 11) is 3.22. The molecule has 1 fully saturated rings. The zero-order valence-corrected chi connectivity index (χ0v) is 21.9. The number of aromatic nitrogens is 4. The number of benzene rings is 1. The van der Waals surface area contributed by atoms with Gasteiger partial charge in [0.1, 0.15) is 17.0 Å². The number of piperidine rings is 1. The van der Waals surface area contributed by atoms with E-state index in [9.17, 15) is 18.0 Å². The van der Waals surface area contributed by atoms with Gasteiger partial charge in [0.2, 0.25) is 5.95 Å². The van der Waals surface area contributed by atoms with Gasteiger partial charge < -0.3 is 24.0 Å². The van der Waals surface area contributed by atoms with Crippen LogP contribution in [-0.2, 0) is 15.7 Å². The average Bonchev–Trinajstić information content (AvgIpc) is 3.35. The number of methoxy groups -OCH3 is 1. The summed E-state index contributed by atoms with van der Waals surface area (Å²) in [5.74, 6) is 0.386. The van der Waals surface area contributed by atoms with Crippen molar-refractivity contribution in [3.8, 4) is 17.0 Å². The maximum Gasteiger partial charge on any atom is 0.416 e. The minimum Gasteiger partial charge on any atom is -0.467 e. The summed E-state index contributed by atoms with van der Waals surface area (Å²) < 4.78 is 57.5. The van der Waals surface area contributed by atoms with Gasteiger partial charge in [0.05, 0.1) is 17.3 Å². The van der Waals surface area contributed by atoms with Crippen molar-refractivity contribution in [1.82, 2.24) is 24.7 Å². The van der Waals surface area contributed by atoms with Crippen LogP contribution in [0.5, 0.6) is 5.75 Å². The minimum atomic E-state index is -4.54. The maximum absolute atomic E-state index is 13.3. The van der Waals surface area contributed by atoms with Gasteiger partial charge in [-0.05, 0) is 57.9 Å². The zero-order valence-electron chi connectivity index (χ0n) is 21.9. The number of carbonyl (C=O) groups is 1. The highest BCUT2D eigenvalue weighted by Gasteiger charge is 2.33. The van der Waals surface area contributed by atoms with Gasteiger partial charge >= 0.3 is 12.3 Å². The number of hydrogen-bond donors (Lipinski definition) is 0. The van der Waals surface area contributed by atoms with Crippen LogP contribution in [0.1, 0.15) is 39.2 Å². The monoisotopic (exact) mass is 536 g/mol. The Morgan fingerprint density at radius 2 is 1.95 bits per heavy atom. The van der Waals surface area contributed by atoms with E-state index in [-0.39, 0.29) is 24.7 Å². The Kier molecular flexibility index (Phi) is 7.68. The van der Waals surface area contributed by atoms with Crippen molar-refractivity contribution in [3.05, 3.63) is 36.0 Å². The fraction of sp³-hybridized carbons (Fsp3) is 0.520. The third-order valence-electron chi connectivity index (χ3n) is 6.12. The molecule has 1 saturated heterocycles. The van der Waals surface area contributed by atoms with Crippen LogP contribution in [0.2, 0.25) is 0 Å². The molecule has 0 aliphatic carbocycles. The highest BCUT2D eigenvalue weighted by molar-refractivity contribution is 5.81. The van der Waals surface area contributed by atoms with Crippen LogP contribution in [0.3, 0.4) is 0 Å². The van der Waals surface area contributed by atoms with E-state index in [1.54, 1.807) is 21.7 Å². The molecule has 0 radical (unpaired) electrons. The first kappa shape index (κ1) is 27.4. The molecule has 4 rings (SSSR count). The molecular weight excluding hydrogens is 505 g/mol. The largest absolute Gasteiger partial charge is 0.467 e. The zero-order chi connectivity index (χ0) is 27.7. The predicted molar refractivity (Wildman–Crippen MR) is 133 cm³/mol. The minimum absolute atomic E-state index is 0.0412. The van der Waals surface area contributed by atoms with Crippen molar-refractivity contribution >= 4 is 17.6 Å². The summed E-state index contributed by atoms with van der Waals surface area (Å²) in [6, 6.07) is 4.81. The fourth-order valence-corrected chi connectivity index (χ4v) is 4.30. The number of nitrogens with zero attached hydrogens (tertiary/aromatic N) is 6. The molecule has 38 heavy (non-hydrogen) atoms. The van der Waals surface area contributed by atoms with Crippen LogP contribution in [-0.4, -0.2) is 76.5 Å². The van der Waals surface area contributed by atoms with Gasteiger partial charge in [-0.2, -0.15) is 22.8 Å². The van der Waals surface area contributed by atoms with Crippen LogP contribution in [0.15, 0.2) is 30.5 Å². The standard InChI is InChI=1S/C25H31F3N6O4/c1-24(2,3)38-23(35)33-12-6-7-17(14-33)32(4)22-31-30-21(19-10-11-29-34(19)22)18-9-8-16(25(26,27)28)13-20(18)37-15-36-5/h8-11,13,17H,6-7,12,14-15H2,1-5H3. The summed E-state index contributed by atoms with van der Waals surface area (Å²) in [5, 5.41) is 13.1. The summed E-state index contributed by atoms with van der Waals surface area (Å²) in [6.45, 7) is 6.27. The van der Waals surface area contributed by atoms with Gasteiger partial charge in [0, 0.05) is 38.9 Å². The average molecular weight is 537 g/mol. The van der Waals surface area contributed by atoms with Gasteiger partial charge in [-0.3, -0.25) is 0 Å². The number of fused-ring (bicyclic) bond motifs is 1. The van der Waals surface area contributed by atoms with Crippen LogP contribution in [0.4, 0.5) is 23.9 Å². The van der Waals surface area contributed by atoms with Crippen molar-refractivity contribution in [2.24, 2.45) is 0 Å². The number of amides is 1. The molecule has 10 nitrogen and oxygen atoms in total. The molecule has 0 spiro atoms. The molecular formula is C25H31F3N6O4. The number of rotatable bonds is 6. The van der Waals surface area contributed by atoms with E-state index in [0.29, 0.717) is 35.8 Å². The van der Waals surface area contributed by atoms with E-state index < -0.39 is 17.3 Å². The molecule has 0 saturated carbocycles. The molecule has 2 aromatic heterocycles. The first-order chi connectivity index (χ1) is 17.9. The van der Waals surface area contributed by atoms with Crippen LogP contribution in [0.25, 0.3) is 16.8 Å². The molecule has 1 aliphatic heterocycles. The van der Waals surface area contributed by atoms with E-state index >= 15 is 0 Å². The van der Waals surface area contributed by atoms with Crippen molar-refractivity contribution in [1.29, 1.82) is 0 Å². The van der Waals surface area contributed by atoms with Gasteiger partial charge in [0.15, 0.2) is 6.79 Å². The molecule has 1 amide bonds. The van der Waals surface area contributed by atoms with Gasteiger partial charge in [0.25, 0.3) is 0 Å². The Hall–Kier alpha value is -3.61. The number of likely N-dealkylation sites (tertiary alicyclic amines) is 1. The fourth-order valence-electron chi connectivity index (χ4n) is 4.30. The van der Waals surface area contributed by atoms with E-state index in [1.165, 1.54) is 13.2 Å². The highest BCUT2D eigenvalue weighted by Crippen LogP contribution is 2.38. The first-order valence-electron chi connectivity index (χ1n) is 12.1. The smallest absolute Gasteiger partial charge is 0.416 e. The SMILES string of the molecule is COCOc1cc(C(F)(F)F)ccc1-c1nnc(N(C)C2CCCN(C(=O)OC(C)(C)C)C2)n2nccc12. The number of hydrogen-bond acceptors (Lipinski definition) is 8. The lowest BCUT2D eigenvalue weighted by Gasteiger charge is -2.38. The van der Waals surface area contributed by atoms with E-state index in [2.05, 4.69) is 15.3 Å². The van der Waals surface area contributed by atoms with Crippen molar-refractivity contribution in [2.45, 2.75) is 51.4 Å². The normalized spacial score (nSPS) is 16.5. The lowest BCUT2D eigenvalue weighted by atomic mass is 10.0. The Bertz CT molecular complexity index is 1290. The lowest BCUT2D eigenvalue weighted by Crippen LogP contribution is -2.50. The van der Waals surface area contributed by atoms with E-state index in [0.717, 1.165) is 25.0 Å². The molecule has 1 aliphatic rings. The maximum atomic E-state index is 13.3. The second-order valence-electron chi connectivity index (χ2n) is 10.1. The second kappa shape index (κ2) is 10.6. The van der Waals surface area contributed by atoms with Crippen LogP contribution >= 0.6 is 0 Å². The summed E-state index contributed by atoms with van der Waals surface area (Å²) >= 11 is 0. The third kappa shape index (κ3) is 5.93. The van der Waals surface area contributed by atoms with Crippen molar-refractivity contribution in [2.75, 3.05) is 38.9 Å². The number of likely N-dealkylation sites (N-methyl/N-ethyl adjacent to an activating group) is 1. The van der Waals surface area contributed by atoms with Gasteiger partial charge in [-0.25, -0.2) is 4.79 Å². The predicted octanol–water partition coefficient (Wildman–Crippen LogP) is 4.63. The molecule has 3 aromatic rings. The quantitative estimate of drug-likeness (QED) is 0.421. The first-order valence-corrected chi connectivity index (χ1v) is 12.1. The Balaban J connectivity index is 1.66. The van der Waals surface area contributed by atoms with E-state index in [4.69, 9.17) is 14.2 Å². The van der Waals surface area contributed by atoms with E-state index in [1.807, 2.05) is 32.7 Å². The number of anilines is 1. The van der Waals surface area contributed by atoms with Crippen LogP contribution < -0.4 is 9.64 Å². The Morgan fingerprint density at radius 1 is 1.18 bits per heavy atom. The second-order valence-corrected chi connectivity index (χ2v) is 10.1. The van der Waals surface area contributed by atoms with Gasteiger partial charge in [-0.1, -0.05) is 0 Å². The topological polar surface area (TPSA) is 94.3 Å². The molecule has 0 N–H and O–H groups in total. The van der Waals surface area contributed by atoms with Gasteiger partial charge in [-0.15, -0.1) is 10.2 Å². The molecule has 1 aromatic carbocycles. The number of carbonyl (C=O) groups excluding carboxylic acids is 1. The molecule has 206 valence electrons. The van der Waals surface area contributed by atoms with Crippen molar-refractivity contribution < 1.29 is 32.2 Å². The Morgan fingerprint density at radius 3 is 2.63 bits per heavy atom. The number of ether oxygens (including phenoxy) is 3. The molecule has 3 heterocycles. The molecule has 0 bridgehead atoms. The van der Waals surface area contributed by atoms with Crippen molar-refractivity contribution in [3.63, 3.8) is 0 Å². The lowest BCUT2D eigenvalue weighted by molar-refractivity contribution is -0.137. The number of alkyl halides is 3. The molecule has 1 atom stereocenters. The molecule has 13 heteroatoms.